The van der Waals surface area contributed by atoms with Crippen LogP contribution in [0.15, 0.2) is 0 Å². The molecule has 1 N–H and O–H groups in total. The zero-order chi connectivity index (χ0) is 9.02. The van der Waals surface area contributed by atoms with Crippen LogP contribution in [0.5, 0.6) is 0 Å². The van der Waals surface area contributed by atoms with E-state index in [4.69, 9.17) is 0 Å². The Morgan fingerprint density at radius 3 is 1.93 bits per heavy atom. The molecule has 1 heteroatoms. The highest BCUT2D eigenvalue weighted by Crippen LogP contribution is 2.82. The number of nitrogens with one attached hydrogen (secondary N) is 1. The van der Waals surface area contributed by atoms with Gasteiger partial charge in [0.25, 0.3) is 0 Å². The maximum atomic E-state index is 3.82. The Morgan fingerprint density at radius 1 is 0.857 bits per heavy atom. The summed E-state index contributed by atoms with van der Waals surface area (Å²) in [6.07, 6.45) is 3.28. The first-order valence-electron chi connectivity index (χ1n) is 6.65. The van der Waals surface area contributed by atoms with Gasteiger partial charge in [0, 0.05) is 6.04 Å². The fourth-order valence-electron chi connectivity index (χ4n) is 7.13. The molecule has 6 aliphatic rings. The molecule has 6 fully saturated rings. The molecule has 0 aromatic rings. The van der Waals surface area contributed by atoms with Gasteiger partial charge < -0.3 is 5.32 Å². The average molecular weight is 189 g/mol. The van der Waals surface area contributed by atoms with Crippen LogP contribution in [0.3, 0.4) is 0 Å². The highest BCUT2D eigenvalue weighted by Gasteiger charge is 2.79. The summed E-state index contributed by atoms with van der Waals surface area (Å²) in [4.78, 5) is 0. The van der Waals surface area contributed by atoms with Gasteiger partial charge >= 0.3 is 0 Å². The van der Waals surface area contributed by atoms with E-state index in [0.717, 1.165) is 17.9 Å². The molecule has 6 saturated carbocycles. The quantitative estimate of drug-likeness (QED) is 0.697. The van der Waals surface area contributed by atoms with E-state index in [1.165, 1.54) is 42.1 Å². The van der Waals surface area contributed by atoms with Gasteiger partial charge in [0.15, 0.2) is 0 Å². The second kappa shape index (κ2) is 1.93. The van der Waals surface area contributed by atoms with Crippen LogP contribution in [-0.2, 0) is 0 Å². The molecule has 0 heterocycles. The maximum Gasteiger partial charge on any atom is 0.0135 e. The van der Waals surface area contributed by atoms with E-state index in [2.05, 4.69) is 12.2 Å². The van der Waals surface area contributed by atoms with Crippen molar-refractivity contribution >= 4 is 0 Å². The van der Waals surface area contributed by atoms with E-state index >= 15 is 0 Å². The van der Waals surface area contributed by atoms with Gasteiger partial charge in [-0.1, -0.05) is 6.92 Å². The van der Waals surface area contributed by atoms with Gasteiger partial charge in [0.1, 0.15) is 0 Å². The van der Waals surface area contributed by atoms with E-state index in [1.54, 1.807) is 12.8 Å². The molecule has 0 amide bonds. The van der Waals surface area contributed by atoms with Crippen molar-refractivity contribution in [2.24, 2.45) is 47.3 Å². The summed E-state index contributed by atoms with van der Waals surface area (Å²) in [5, 5.41) is 3.82. The number of hydrogen-bond donors (Lipinski definition) is 1. The molecular formula is C13H19N. The lowest BCUT2D eigenvalue weighted by Crippen LogP contribution is -2.34. The van der Waals surface area contributed by atoms with Crippen LogP contribution in [0, 0.1) is 47.3 Å². The Bertz CT molecular complexity index is 284. The fraction of sp³-hybridized carbons (Fsp3) is 1.00. The summed E-state index contributed by atoms with van der Waals surface area (Å²) < 4.78 is 0. The summed E-state index contributed by atoms with van der Waals surface area (Å²) in [6.45, 7) is 3.49. The third-order valence-corrected chi connectivity index (χ3v) is 6.76. The van der Waals surface area contributed by atoms with Crippen molar-refractivity contribution in [3.63, 3.8) is 0 Å². The lowest BCUT2D eigenvalue weighted by Gasteiger charge is -2.33. The summed E-state index contributed by atoms with van der Waals surface area (Å²) in [7, 11) is 0. The van der Waals surface area contributed by atoms with Crippen LogP contribution < -0.4 is 5.32 Å². The van der Waals surface area contributed by atoms with Crippen molar-refractivity contribution in [3.8, 4) is 0 Å². The van der Waals surface area contributed by atoms with Crippen molar-refractivity contribution in [3.05, 3.63) is 0 Å². The van der Waals surface area contributed by atoms with Crippen LogP contribution in [0.2, 0.25) is 0 Å². The Morgan fingerprint density at radius 2 is 1.43 bits per heavy atom. The van der Waals surface area contributed by atoms with Crippen LogP contribution in [-0.4, -0.2) is 12.6 Å². The largest absolute Gasteiger partial charge is 0.314 e. The van der Waals surface area contributed by atoms with Crippen LogP contribution in [0.1, 0.15) is 19.8 Å². The smallest absolute Gasteiger partial charge is 0.0135 e. The molecule has 1 unspecified atom stereocenters. The molecule has 1 nitrogen and oxygen atoms in total. The van der Waals surface area contributed by atoms with Crippen molar-refractivity contribution in [1.29, 1.82) is 0 Å². The van der Waals surface area contributed by atoms with Gasteiger partial charge in [-0.15, -0.1) is 0 Å². The monoisotopic (exact) mass is 189 g/mol. The molecule has 0 saturated heterocycles. The topological polar surface area (TPSA) is 12.0 Å². The maximum absolute atomic E-state index is 3.82. The lowest BCUT2D eigenvalue weighted by atomic mass is 9.71. The Labute approximate surface area is 85.6 Å². The van der Waals surface area contributed by atoms with E-state index < -0.39 is 0 Å². The first-order valence-corrected chi connectivity index (χ1v) is 6.65. The molecule has 76 valence electrons. The molecule has 0 aromatic heterocycles. The zero-order valence-corrected chi connectivity index (χ0v) is 8.82. The Hall–Kier alpha value is -0.0400. The van der Waals surface area contributed by atoms with E-state index in [0.29, 0.717) is 0 Å². The zero-order valence-electron chi connectivity index (χ0n) is 8.82. The van der Waals surface area contributed by atoms with E-state index in [1.807, 2.05) is 0 Å². The molecule has 0 aromatic carbocycles. The van der Waals surface area contributed by atoms with Gasteiger partial charge in [0.05, 0.1) is 0 Å². The highest BCUT2D eigenvalue weighted by atomic mass is 15.0. The van der Waals surface area contributed by atoms with Crippen LogP contribution in [0.25, 0.3) is 0 Å². The Balaban J connectivity index is 1.67. The number of hydrogen-bond acceptors (Lipinski definition) is 1. The molecule has 0 radical (unpaired) electrons. The molecular weight excluding hydrogens is 170 g/mol. The number of rotatable bonds is 2. The van der Waals surface area contributed by atoms with Gasteiger partial charge in [-0.05, 0) is 66.7 Å². The van der Waals surface area contributed by atoms with Gasteiger partial charge in [-0.3, -0.25) is 0 Å². The molecule has 14 heavy (non-hydrogen) atoms. The van der Waals surface area contributed by atoms with Crippen molar-refractivity contribution in [1.82, 2.24) is 5.32 Å². The second-order valence-electron chi connectivity index (χ2n) is 6.52. The summed E-state index contributed by atoms with van der Waals surface area (Å²) in [6, 6.07) is 0.961. The third kappa shape index (κ3) is 0.476. The normalized spacial score (nSPS) is 74.8. The Kier molecular flexibility index (Phi) is 1.00. The minimum Gasteiger partial charge on any atom is -0.314 e. The molecule has 6 bridgehead atoms. The summed E-state index contributed by atoms with van der Waals surface area (Å²) >= 11 is 0. The average Bonchev–Trinajstić information content (AvgIpc) is 2.79. The fourth-order valence-corrected chi connectivity index (χ4v) is 7.13. The molecule has 9 atom stereocenters. The van der Waals surface area contributed by atoms with Crippen LogP contribution >= 0.6 is 0 Å². The second-order valence-corrected chi connectivity index (χ2v) is 6.52. The first-order chi connectivity index (χ1) is 6.92. The SMILES string of the molecule is CCNC1[C@@H]2[C@@H]3C[C@@H]4[C@@H]5C[C@H]([C@H]1[C@H]53)[C@@H]42. The van der Waals surface area contributed by atoms with Crippen molar-refractivity contribution < 1.29 is 0 Å². The minimum absolute atomic E-state index is 0.961. The van der Waals surface area contributed by atoms with Gasteiger partial charge in [-0.25, -0.2) is 0 Å². The van der Waals surface area contributed by atoms with Crippen LogP contribution in [0.4, 0.5) is 0 Å². The summed E-state index contributed by atoms with van der Waals surface area (Å²) in [5.74, 6) is 9.45. The molecule has 0 aliphatic heterocycles. The molecule has 6 aliphatic carbocycles. The van der Waals surface area contributed by atoms with E-state index in [-0.39, 0.29) is 0 Å². The first kappa shape index (κ1) is 7.27. The standard InChI is InChI=1S/C13H19N/c1-2-14-13-11-7-3-5-6-4-8(9(5)11)12(13)10(6)7/h5-14H,2-4H2,1H3/t5-,6+,7-,8+,9-,10-,11-,12+,13?/m1/s1. The molecule has 0 spiro atoms. The van der Waals surface area contributed by atoms with Gasteiger partial charge in [0.2, 0.25) is 0 Å². The van der Waals surface area contributed by atoms with Crippen molar-refractivity contribution in [2.75, 3.05) is 6.54 Å². The predicted molar refractivity (Wildman–Crippen MR) is 54.6 cm³/mol. The van der Waals surface area contributed by atoms with Crippen molar-refractivity contribution in [2.45, 2.75) is 25.8 Å². The predicted octanol–water partition coefficient (Wildman–Crippen LogP) is 1.74. The third-order valence-electron chi connectivity index (χ3n) is 6.76. The highest BCUT2D eigenvalue weighted by molar-refractivity contribution is 5.29. The lowest BCUT2D eigenvalue weighted by molar-refractivity contribution is 0.132. The minimum atomic E-state index is 0.961. The van der Waals surface area contributed by atoms with E-state index in [9.17, 15) is 0 Å². The summed E-state index contributed by atoms with van der Waals surface area (Å²) in [5.41, 5.74) is 0. The molecule has 6 rings (SSSR count). The van der Waals surface area contributed by atoms with Gasteiger partial charge in [-0.2, -0.15) is 0 Å².